The van der Waals surface area contributed by atoms with Gasteiger partial charge in [-0.2, -0.15) is 5.26 Å². The van der Waals surface area contributed by atoms with Crippen LogP contribution in [0.3, 0.4) is 0 Å². The summed E-state index contributed by atoms with van der Waals surface area (Å²) in [4.78, 5) is 26.9. The Morgan fingerprint density at radius 1 is 1.33 bits per heavy atom. The highest BCUT2D eigenvalue weighted by Crippen LogP contribution is 2.25. The van der Waals surface area contributed by atoms with Gasteiger partial charge in [-0.3, -0.25) is 4.79 Å². The summed E-state index contributed by atoms with van der Waals surface area (Å²) in [6.07, 6.45) is 0.655. The molecule has 2 amide bonds. The van der Waals surface area contributed by atoms with E-state index in [1.54, 1.807) is 39.8 Å². The Balaban J connectivity index is 2.27. The van der Waals surface area contributed by atoms with Crippen LogP contribution >= 0.6 is 0 Å². The summed E-state index contributed by atoms with van der Waals surface area (Å²) in [5.41, 5.74) is -0.00175. The van der Waals surface area contributed by atoms with Crippen molar-refractivity contribution < 1.29 is 18.7 Å². The molecule has 0 aromatic heterocycles. The van der Waals surface area contributed by atoms with Gasteiger partial charge in [0.15, 0.2) is 0 Å². The smallest absolute Gasteiger partial charge is 0.408 e. The van der Waals surface area contributed by atoms with Crippen molar-refractivity contribution in [2.24, 2.45) is 0 Å². The van der Waals surface area contributed by atoms with Gasteiger partial charge >= 0.3 is 6.09 Å². The molecule has 6 nitrogen and oxygen atoms in total. The highest BCUT2D eigenvalue weighted by Gasteiger charge is 2.37. The number of amides is 2. The van der Waals surface area contributed by atoms with Crippen LogP contribution in [-0.4, -0.2) is 41.1 Å². The van der Waals surface area contributed by atoms with E-state index in [4.69, 9.17) is 4.74 Å². The molecule has 0 spiro atoms. The number of ether oxygens (including phenoxy) is 1. The van der Waals surface area contributed by atoms with Crippen molar-refractivity contribution in [2.45, 2.75) is 64.1 Å². The second-order valence-electron chi connectivity index (χ2n) is 7.78. The number of nitriles is 1. The first-order valence-corrected chi connectivity index (χ1v) is 9.07. The number of carbonyl (C=O) groups is 2. The molecule has 3 atom stereocenters. The van der Waals surface area contributed by atoms with Crippen LogP contribution in [0.25, 0.3) is 0 Å². The summed E-state index contributed by atoms with van der Waals surface area (Å²) >= 11 is 0. The summed E-state index contributed by atoms with van der Waals surface area (Å²) in [6.45, 7) is 7.46. The number of hydrogen-bond acceptors (Lipinski definition) is 4. The highest BCUT2D eigenvalue weighted by molar-refractivity contribution is 5.87. The Bertz CT molecular complexity index is 721. The molecule has 7 heteroatoms. The summed E-state index contributed by atoms with van der Waals surface area (Å²) < 4.78 is 18.5. The number of likely N-dealkylation sites (tertiary alicyclic amines) is 1. The Kier molecular flexibility index (Phi) is 6.42. The molecule has 1 aromatic rings. The maximum Gasteiger partial charge on any atom is 0.408 e. The zero-order chi connectivity index (χ0) is 20.2. The van der Waals surface area contributed by atoms with E-state index in [1.807, 2.05) is 0 Å². The third-order valence-corrected chi connectivity index (χ3v) is 4.52. The molecule has 0 saturated carbocycles. The van der Waals surface area contributed by atoms with Gasteiger partial charge in [-0.05, 0) is 51.3 Å². The molecule has 1 heterocycles. The third kappa shape index (κ3) is 5.43. The van der Waals surface area contributed by atoms with Crippen LogP contribution in [0.2, 0.25) is 0 Å². The van der Waals surface area contributed by atoms with Crippen LogP contribution in [-0.2, 0) is 9.53 Å². The summed E-state index contributed by atoms with van der Waals surface area (Å²) in [5, 5.41) is 11.9. The van der Waals surface area contributed by atoms with E-state index in [1.165, 1.54) is 17.0 Å². The Morgan fingerprint density at radius 3 is 2.52 bits per heavy atom. The zero-order valence-electron chi connectivity index (χ0n) is 16.2. The largest absolute Gasteiger partial charge is 0.444 e. The standard InChI is InChI=1S/C20H26FN3O3/c1-13(14-7-9-15(21)10-8-14)17(23-19(26)27-20(2,3)4)18(25)24-11-5-6-16(24)12-22/h7-10,13,16-17H,5-6,11H2,1-4H3,(H,23,26)/t13?,16?,17-/m0/s1. The number of nitrogens with zero attached hydrogens (tertiary/aromatic N) is 2. The molecular formula is C20H26FN3O3. The Morgan fingerprint density at radius 2 is 1.96 bits per heavy atom. The van der Waals surface area contributed by atoms with Gasteiger partial charge in [0.1, 0.15) is 23.5 Å². The van der Waals surface area contributed by atoms with Crippen molar-refractivity contribution in [3.05, 3.63) is 35.6 Å². The van der Waals surface area contributed by atoms with E-state index in [0.29, 0.717) is 18.5 Å². The van der Waals surface area contributed by atoms with E-state index in [0.717, 1.165) is 6.42 Å². The molecule has 1 aliphatic rings. The third-order valence-electron chi connectivity index (χ3n) is 4.52. The maximum absolute atomic E-state index is 13.2. The van der Waals surface area contributed by atoms with E-state index in [2.05, 4.69) is 11.4 Å². The first-order chi connectivity index (χ1) is 12.6. The van der Waals surface area contributed by atoms with Gasteiger partial charge in [0.25, 0.3) is 0 Å². The van der Waals surface area contributed by atoms with Crippen LogP contribution in [0.15, 0.2) is 24.3 Å². The minimum atomic E-state index is -0.917. The second kappa shape index (κ2) is 8.38. The lowest BCUT2D eigenvalue weighted by molar-refractivity contribution is -0.134. The molecule has 1 fully saturated rings. The van der Waals surface area contributed by atoms with Crippen LogP contribution in [0.4, 0.5) is 9.18 Å². The average Bonchev–Trinajstić information content (AvgIpc) is 3.06. The van der Waals surface area contributed by atoms with Crippen molar-refractivity contribution in [1.29, 1.82) is 5.26 Å². The van der Waals surface area contributed by atoms with E-state index < -0.39 is 29.7 Å². The number of nitrogens with one attached hydrogen (secondary N) is 1. The molecule has 0 radical (unpaired) electrons. The first kappa shape index (κ1) is 20.7. The SMILES string of the molecule is CC(c1ccc(F)cc1)[C@H](NC(=O)OC(C)(C)C)C(=O)N1CCCC1C#N. The summed E-state index contributed by atoms with van der Waals surface area (Å²) in [7, 11) is 0. The lowest BCUT2D eigenvalue weighted by atomic mass is 9.92. The fourth-order valence-electron chi connectivity index (χ4n) is 3.14. The fourth-order valence-corrected chi connectivity index (χ4v) is 3.14. The molecular weight excluding hydrogens is 349 g/mol. The quantitative estimate of drug-likeness (QED) is 0.875. The van der Waals surface area contributed by atoms with Gasteiger partial charge in [0, 0.05) is 12.5 Å². The highest BCUT2D eigenvalue weighted by atomic mass is 19.1. The van der Waals surface area contributed by atoms with Crippen LogP contribution in [0, 0.1) is 17.1 Å². The van der Waals surface area contributed by atoms with Gasteiger partial charge in [0.2, 0.25) is 5.91 Å². The lowest BCUT2D eigenvalue weighted by Gasteiger charge is -2.31. The molecule has 146 valence electrons. The van der Waals surface area contributed by atoms with Gasteiger partial charge in [-0.25, -0.2) is 9.18 Å². The Labute approximate surface area is 159 Å². The molecule has 1 N–H and O–H groups in total. The number of halogens is 1. The monoisotopic (exact) mass is 375 g/mol. The minimum Gasteiger partial charge on any atom is -0.444 e. The van der Waals surface area contributed by atoms with Gasteiger partial charge < -0.3 is 15.0 Å². The number of rotatable bonds is 4. The van der Waals surface area contributed by atoms with E-state index >= 15 is 0 Å². The molecule has 0 bridgehead atoms. The van der Waals surface area contributed by atoms with Crippen molar-refractivity contribution in [2.75, 3.05) is 6.54 Å². The summed E-state index contributed by atoms with van der Waals surface area (Å²) in [6, 6.07) is 6.52. The van der Waals surface area contributed by atoms with E-state index in [9.17, 15) is 19.2 Å². The van der Waals surface area contributed by atoms with Gasteiger partial charge in [-0.1, -0.05) is 19.1 Å². The zero-order valence-corrected chi connectivity index (χ0v) is 16.2. The van der Waals surface area contributed by atoms with Gasteiger partial charge in [0.05, 0.1) is 6.07 Å². The molecule has 2 rings (SSSR count). The van der Waals surface area contributed by atoms with Crippen molar-refractivity contribution in [1.82, 2.24) is 10.2 Å². The molecule has 1 aliphatic heterocycles. The van der Waals surface area contributed by atoms with Crippen LogP contribution in [0.5, 0.6) is 0 Å². The number of alkyl carbamates (subject to hydrolysis) is 1. The van der Waals surface area contributed by atoms with Crippen LogP contribution < -0.4 is 5.32 Å². The Hall–Kier alpha value is -2.62. The molecule has 0 aliphatic carbocycles. The second-order valence-corrected chi connectivity index (χ2v) is 7.78. The van der Waals surface area contributed by atoms with Crippen molar-refractivity contribution in [3.63, 3.8) is 0 Å². The molecule has 27 heavy (non-hydrogen) atoms. The van der Waals surface area contributed by atoms with Crippen molar-refractivity contribution in [3.8, 4) is 6.07 Å². The van der Waals surface area contributed by atoms with Crippen LogP contribution in [0.1, 0.15) is 52.0 Å². The first-order valence-electron chi connectivity index (χ1n) is 9.07. The van der Waals surface area contributed by atoms with Gasteiger partial charge in [-0.15, -0.1) is 0 Å². The predicted molar refractivity (Wildman–Crippen MR) is 98.3 cm³/mol. The number of benzene rings is 1. The lowest BCUT2D eigenvalue weighted by Crippen LogP contribution is -2.53. The molecule has 1 aromatic carbocycles. The predicted octanol–water partition coefficient (Wildman–Crippen LogP) is 3.34. The average molecular weight is 375 g/mol. The topological polar surface area (TPSA) is 82.4 Å². The number of carbonyl (C=O) groups excluding carboxylic acids is 2. The molecule has 1 saturated heterocycles. The normalized spacial score (nSPS) is 19.1. The minimum absolute atomic E-state index is 0.332. The fraction of sp³-hybridized carbons (Fsp3) is 0.550. The number of hydrogen-bond donors (Lipinski definition) is 1. The maximum atomic E-state index is 13.2. The van der Waals surface area contributed by atoms with E-state index in [-0.39, 0.29) is 11.7 Å². The van der Waals surface area contributed by atoms with Crippen molar-refractivity contribution >= 4 is 12.0 Å². The molecule has 2 unspecified atom stereocenters. The summed E-state index contributed by atoms with van der Waals surface area (Å²) in [5.74, 6) is -1.13.